The van der Waals surface area contributed by atoms with Gasteiger partial charge in [0.2, 0.25) is 0 Å². The Balaban J connectivity index is 1.21. The smallest absolute Gasteiger partial charge is 0.0432 e. The van der Waals surface area contributed by atoms with Crippen LogP contribution in [0.15, 0.2) is 165 Å². The van der Waals surface area contributed by atoms with Gasteiger partial charge in [0.25, 0.3) is 0 Å². The van der Waals surface area contributed by atoms with Crippen molar-refractivity contribution in [1.82, 2.24) is 15.0 Å². The molecule has 0 spiro atoms. The van der Waals surface area contributed by atoms with Gasteiger partial charge < -0.3 is 0 Å². The maximum atomic E-state index is 4.15. The van der Waals surface area contributed by atoms with Crippen LogP contribution in [0.5, 0.6) is 0 Å². The molecule has 48 heavy (non-hydrogen) atoms. The van der Waals surface area contributed by atoms with Gasteiger partial charge in [-0.15, -0.1) is 0 Å². The molecule has 3 aromatic heterocycles. The molecular weight excluding hydrogens is 583 g/mol. The number of nitrogens with zero attached hydrogens (tertiary/aromatic N) is 3. The van der Waals surface area contributed by atoms with Gasteiger partial charge in [0.15, 0.2) is 0 Å². The maximum Gasteiger partial charge on any atom is 0.0432 e. The molecule has 0 unspecified atom stereocenters. The first-order valence-electron chi connectivity index (χ1n) is 15.5. The normalized spacial score (nSPS) is 10.0. The third kappa shape index (κ3) is 7.62. The van der Waals surface area contributed by atoms with E-state index in [0.717, 1.165) is 66.8 Å². The topological polar surface area (TPSA) is 38.7 Å². The van der Waals surface area contributed by atoms with Crippen molar-refractivity contribution in [3.05, 3.63) is 198 Å². The van der Waals surface area contributed by atoms with E-state index in [-0.39, 0.29) is 0 Å². The molecule has 0 N–H and O–H groups in total. The van der Waals surface area contributed by atoms with Crippen LogP contribution >= 0.6 is 0 Å². The summed E-state index contributed by atoms with van der Waals surface area (Å²) in [6.45, 7) is 0. The summed E-state index contributed by atoms with van der Waals surface area (Å²) in [5, 5.41) is 0. The fraction of sp³-hybridized carbons (Fsp3) is 0. The predicted octanol–water partition coefficient (Wildman–Crippen LogP) is 9.07. The number of hydrogen-bond donors (Lipinski definition) is 0. The molecular formula is C45H27N3. The van der Waals surface area contributed by atoms with Crippen LogP contribution in [0.1, 0.15) is 33.4 Å². The van der Waals surface area contributed by atoms with Crippen molar-refractivity contribution >= 4 is 0 Å². The highest BCUT2D eigenvalue weighted by Gasteiger charge is 2.08. The van der Waals surface area contributed by atoms with Crippen LogP contribution in [0.4, 0.5) is 0 Å². The van der Waals surface area contributed by atoms with Crippen molar-refractivity contribution in [2.75, 3.05) is 0 Å². The average molecular weight is 610 g/mol. The number of aromatic nitrogens is 3. The first-order chi connectivity index (χ1) is 23.7. The highest BCUT2D eigenvalue weighted by molar-refractivity contribution is 5.81. The molecule has 4 aromatic carbocycles. The molecule has 0 aliphatic carbocycles. The van der Waals surface area contributed by atoms with E-state index in [1.54, 1.807) is 37.2 Å². The lowest BCUT2D eigenvalue weighted by molar-refractivity contribution is 1.31. The molecule has 3 heterocycles. The van der Waals surface area contributed by atoms with E-state index >= 15 is 0 Å². The first kappa shape index (κ1) is 29.7. The summed E-state index contributed by atoms with van der Waals surface area (Å²) in [6.07, 6.45) is 10.6. The predicted molar refractivity (Wildman–Crippen MR) is 193 cm³/mol. The Kier molecular flexibility index (Phi) is 8.92. The van der Waals surface area contributed by atoms with Crippen LogP contribution in [0.25, 0.3) is 33.4 Å². The monoisotopic (exact) mass is 609 g/mol. The zero-order valence-electron chi connectivity index (χ0n) is 25.9. The van der Waals surface area contributed by atoms with Crippen molar-refractivity contribution in [1.29, 1.82) is 0 Å². The quantitative estimate of drug-likeness (QED) is 0.188. The largest absolute Gasteiger partial charge is 0.263 e. The summed E-state index contributed by atoms with van der Waals surface area (Å²) in [5.74, 6) is 19.3. The minimum atomic E-state index is 0.891. The van der Waals surface area contributed by atoms with E-state index in [9.17, 15) is 0 Å². The summed E-state index contributed by atoms with van der Waals surface area (Å²) in [4.78, 5) is 12.4. The minimum absolute atomic E-state index is 0.891. The van der Waals surface area contributed by atoms with Gasteiger partial charge in [-0.3, -0.25) is 15.0 Å². The van der Waals surface area contributed by atoms with E-state index < -0.39 is 0 Å². The summed E-state index contributed by atoms with van der Waals surface area (Å²) >= 11 is 0. The molecule has 0 atom stereocenters. The average Bonchev–Trinajstić information content (AvgIpc) is 3.17. The SMILES string of the molecule is C(#Cc1cccnc1)c1ccc(-c2cc(-c3ccc(C#Cc4cccnc4)cc3)cc(-c3ccc(C#Cc4cccnc4)cc3)c2)cc1. The van der Waals surface area contributed by atoms with Crippen LogP contribution in [0.3, 0.4) is 0 Å². The van der Waals surface area contributed by atoms with E-state index in [2.05, 4.69) is 141 Å². The zero-order chi connectivity index (χ0) is 32.4. The lowest BCUT2D eigenvalue weighted by atomic mass is 9.92. The lowest BCUT2D eigenvalue weighted by Gasteiger charge is -2.12. The molecule has 222 valence electrons. The third-order valence-corrected chi connectivity index (χ3v) is 7.63. The van der Waals surface area contributed by atoms with E-state index in [4.69, 9.17) is 0 Å². The van der Waals surface area contributed by atoms with Crippen LogP contribution in [-0.2, 0) is 0 Å². The molecule has 0 saturated carbocycles. The zero-order valence-corrected chi connectivity index (χ0v) is 25.9. The fourth-order valence-electron chi connectivity index (χ4n) is 5.11. The Labute approximate surface area is 281 Å². The Morgan fingerprint density at radius 3 is 0.792 bits per heavy atom. The molecule has 0 bridgehead atoms. The second kappa shape index (κ2) is 14.4. The maximum absolute atomic E-state index is 4.15. The van der Waals surface area contributed by atoms with Crippen molar-refractivity contribution < 1.29 is 0 Å². The number of rotatable bonds is 3. The summed E-state index contributed by atoms with van der Waals surface area (Å²) in [7, 11) is 0. The van der Waals surface area contributed by atoms with Crippen LogP contribution in [0.2, 0.25) is 0 Å². The Morgan fingerprint density at radius 2 is 0.542 bits per heavy atom. The molecule has 3 nitrogen and oxygen atoms in total. The molecule has 0 amide bonds. The second-order valence-electron chi connectivity index (χ2n) is 11.0. The van der Waals surface area contributed by atoms with Gasteiger partial charge in [0.1, 0.15) is 0 Å². The molecule has 0 saturated heterocycles. The third-order valence-electron chi connectivity index (χ3n) is 7.63. The van der Waals surface area contributed by atoms with Crippen molar-refractivity contribution in [3.8, 4) is 68.9 Å². The van der Waals surface area contributed by atoms with Gasteiger partial charge in [-0.2, -0.15) is 0 Å². The van der Waals surface area contributed by atoms with Crippen molar-refractivity contribution in [2.24, 2.45) is 0 Å². The Hall–Kier alpha value is -6.99. The first-order valence-corrected chi connectivity index (χ1v) is 15.5. The lowest BCUT2D eigenvalue weighted by Crippen LogP contribution is -1.87. The molecule has 0 radical (unpaired) electrons. The van der Waals surface area contributed by atoms with Crippen LogP contribution < -0.4 is 0 Å². The Bertz CT molecular complexity index is 2060. The highest BCUT2D eigenvalue weighted by Crippen LogP contribution is 2.33. The second-order valence-corrected chi connectivity index (χ2v) is 11.0. The summed E-state index contributed by atoms with van der Waals surface area (Å²) in [6, 6.07) is 43.5. The van der Waals surface area contributed by atoms with Gasteiger partial charge in [-0.1, -0.05) is 71.9 Å². The number of benzene rings is 4. The van der Waals surface area contributed by atoms with Gasteiger partial charge in [0.05, 0.1) is 0 Å². The van der Waals surface area contributed by atoms with E-state index in [1.165, 1.54) is 0 Å². The number of pyridine rings is 3. The van der Waals surface area contributed by atoms with Crippen LogP contribution in [0, 0.1) is 35.5 Å². The van der Waals surface area contributed by atoms with Crippen molar-refractivity contribution in [3.63, 3.8) is 0 Å². The van der Waals surface area contributed by atoms with E-state index in [0.29, 0.717) is 0 Å². The number of hydrogen-bond acceptors (Lipinski definition) is 3. The molecule has 0 aliphatic rings. The van der Waals surface area contributed by atoms with E-state index in [1.807, 2.05) is 36.4 Å². The van der Waals surface area contributed by atoms with Gasteiger partial charge in [0, 0.05) is 70.6 Å². The fourth-order valence-corrected chi connectivity index (χ4v) is 5.11. The molecule has 3 heteroatoms. The molecule has 0 fully saturated rings. The molecule has 0 aliphatic heterocycles. The van der Waals surface area contributed by atoms with Gasteiger partial charge in [-0.25, -0.2) is 0 Å². The molecule has 7 aromatic rings. The minimum Gasteiger partial charge on any atom is -0.263 e. The molecule has 7 rings (SSSR count). The highest BCUT2D eigenvalue weighted by atomic mass is 14.6. The van der Waals surface area contributed by atoms with Gasteiger partial charge in [-0.05, 0) is 124 Å². The summed E-state index contributed by atoms with van der Waals surface area (Å²) < 4.78 is 0. The Morgan fingerprint density at radius 1 is 0.271 bits per heavy atom. The van der Waals surface area contributed by atoms with Crippen LogP contribution in [-0.4, -0.2) is 15.0 Å². The summed E-state index contributed by atoms with van der Waals surface area (Å²) in [5.41, 5.74) is 12.2. The van der Waals surface area contributed by atoms with Crippen molar-refractivity contribution in [2.45, 2.75) is 0 Å². The van der Waals surface area contributed by atoms with Gasteiger partial charge >= 0.3 is 0 Å². The standard InChI is InChI=1S/C45H27N3/c1-4-37(31-46-25-1)10-7-34-13-19-40(20-14-34)43-28-44(41-21-15-35(16-22-41)8-11-38-5-2-26-47-32-38)30-45(29-43)42-23-17-36(18-24-42)9-12-39-6-3-27-48-33-39/h1-6,13-33H.